The van der Waals surface area contributed by atoms with Crippen LogP contribution in [0.3, 0.4) is 0 Å². The van der Waals surface area contributed by atoms with Gasteiger partial charge in [-0.3, -0.25) is 0 Å². The van der Waals surface area contributed by atoms with E-state index in [2.05, 4.69) is 19.1 Å². The Kier molecular flexibility index (Phi) is 4.23. The molecule has 21 heavy (non-hydrogen) atoms. The van der Waals surface area contributed by atoms with E-state index in [0.717, 1.165) is 11.5 Å². The van der Waals surface area contributed by atoms with Crippen molar-refractivity contribution >= 4 is 5.57 Å². The lowest BCUT2D eigenvalue weighted by molar-refractivity contribution is 0.348. The zero-order valence-corrected chi connectivity index (χ0v) is 12.5. The lowest BCUT2D eigenvalue weighted by Gasteiger charge is -2.26. The molecule has 1 fully saturated rings. The first-order chi connectivity index (χ1) is 10.1. The number of allylic oxidation sites excluding steroid dienone is 4. The second-order valence-corrected chi connectivity index (χ2v) is 6.45. The predicted molar refractivity (Wildman–Crippen MR) is 83.3 cm³/mol. The third-order valence-electron chi connectivity index (χ3n) is 4.90. The summed E-state index contributed by atoms with van der Waals surface area (Å²) in [6.45, 7) is 2.32. The molecule has 0 N–H and O–H groups in total. The van der Waals surface area contributed by atoms with Crippen molar-refractivity contribution in [2.45, 2.75) is 51.4 Å². The monoisotopic (exact) mass is 288 g/mol. The van der Waals surface area contributed by atoms with Gasteiger partial charge in [0.05, 0.1) is 0 Å². The quantitative estimate of drug-likeness (QED) is 0.598. The fraction of sp³-hybridized carbons (Fsp3) is 0.474. The Morgan fingerprint density at radius 3 is 2.29 bits per heavy atom. The Hall–Kier alpha value is -1.44. The van der Waals surface area contributed by atoms with Crippen molar-refractivity contribution in [1.82, 2.24) is 0 Å². The van der Waals surface area contributed by atoms with E-state index in [1.165, 1.54) is 31.2 Å². The van der Waals surface area contributed by atoms with Crippen molar-refractivity contribution in [3.63, 3.8) is 0 Å². The van der Waals surface area contributed by atoms with Gasteiger partial charge in [0.15, 0.2) is 5.83 Å². The molecule has 0 heterocycles. The van der Waals surface area contributed by atoms with Crippen molar-refractivity contribution in [3.8, 4) is 0 Å². The van der Waals surface area contributed by atoms with Crippen molar-refractivity contribution in [1.29, 1.82) is 0 Å². The lowest BCUT2D eigenvalue weighted by atomic mass is 9.79. The fourth-order valence-electron chi connectivity index (χ4n) is 3.46. The molecule has 0 aliphatic heterocycles. The van der Waals surface area contributed by atoms with E-state index in [9.17, 15) is 8.78 Å². The van der Waals surface area contributed by atoms with E-state index < -0.39 is 11.7 Å². The molecule has 0 atom stereocenters. The molecule has 2 aliphatic rings. The summed E-state index contributed by atoms with van der Waals surface area (Å²) in [5.74, 6) is 0.182. The Morgan fingerprint density at radius 1 is 0.952 bits per heavy atom. The minimum absolute atomic E-state index is 0.188. The highest BCUT2D eigenvalue weighted by molar-refractivity contribution is 5.78. The highest BCUT2D eigenvalue weighted by Crippen LogP contribution is 2.37. The first-order valence-electron chi connectivity index (χ1n) is 8.00. The van der Waals surface area contributed by atoms with E-state index in [1.54, 1.807) is 6.08 Å². The van der Waals surface area contributed by atoms with Gasteiger partial charge in [-0.05, 0) is 42.2 Å². The summed E-state index contributed by atoms with van der Waals surface area (Å²) in [6.07, 6.45) is 7.64. The first-order valence-corrected chi connectivity index (χ1v) is 8.00. The van der Waals surface area contributed by atoms with Crippen LogP contribution >= 0.6 is 0 Å². The molecule has 1 aromatic rings. The predicted octanol–water partition coefficient (Wildman–Crippen LogP) is 6.31. The highest BCUT2D eigenvalue weighted by atomic mass is 19.2. The second-order valence-electron chi connectivity index (χ2n) is 6.45. The summed E-state index contributed by atoms with van der Waals surface area (Å²) in [7, 11) is 0. The van der Waals surface area contributed by atoms with Crippen LogP contribution in [0, 0.1) is 5.92 Å². The van der Waals surface area contributed by atoms with Gasteiger partial charge in [-0.2, -0.15) is 0 Å². The Labute approximate surface area is 125 Å². The molecule has 2 heteroatoms. The molecule has 0 nitrogen and oxygen atoms in total. The van der Waals surface area contributed by atoms with Gasteiger partial charge >= 0.3 is 0 Å². The maximum atomic E-state index is 13.9. The summed E-state index contributed by atoms with van der Waals surface area (Å²) in [6, 6.07) is 8.07. The van der Waals surface area contributed by atoms with Crippen LogP contribution in [0.5, 0.6) is 0 Å². The molecule has 1 saturated carbocycles. The molecule has 3 rings (SSSR count). The number of hydrogen-bond acceptors (Lipinski definition) is 0. The second kappa shape index (κ2) is 6.13. The molecule has 0 bridgehead atoms. The molecule has 0 radical (unpaired) electrons. The summed E-state index contributed by atoms with van der Waals surface area (Å²) >= 11 is 0. The smallest absolute Gasteiger partial charge is 0.162 e. The summed E-state index contributed by atoms with van der Waals surface area (Å²) < 4.78 is 27.2. The lowest BCUT2D eigenvalue weighted by Crippen LogP contribution is -2.10. The SMILES string of the molecule is CC1CCC(c2ccc(C3=CCCC(F)=C3F)cc2)CC1. The summed E-state index contributed by atoms with van der Waals surface area (Å²) in [5, 5.41) is 0. The Bertz CT molecular complexity index is 558. The largest absolute Gasteiger partial charge is 0.209 e. The van der Waals surface area contributed by atoms with E-state index in [-0.39, 0.29) is 6.42 Å². The molecule has 0 spiro atoms. The van der Waals surface area contributed by atoms with Crippen molar-refractivity contribution in [3.05, 3.63) is 53.1 Å². The Balaban J connectivity index is 1.77. The van der Waals surface area contributed by atoms with Crippen LogP contribution in [-0.4, -0.2) is 0 Å². The van der Waals surface area contributed by atoms with Gasteiger partial charge in [-0.25, -0.2) is 8.78 Å². The zero-order chi connectivity index (χ0) is 14.8. The van der Waals surface area contributed by atoms with Crippen molar-refractivity contribution in [2.75, 3.05) is 0 Å². The molecule has 2 aliphatic carbocycles. The molecule has 0 unspecified atom stereocenters. The normalized spacial score (nSPS) is 26.7. The minimum Gasteiger partial charge on any atom is -0.209 e. The summed E-state index contributed by atoms with van der Waals surface area (Å²) in [5.41, 5.74) is 2.55. The van der Waals surface area contributed by atoms with Crippen molar-refractivity contribution < 1.29 is 8.78 Å². The van der Waals surface area contributed by atoms with Gasteiger partial charge < -0.3 is 0 Å². The van der Waals surface area contributed by atoms with E-state index in [0.29, 0.717) is 17.9 Å². The molecule has 112 valence electrons. The van der Waals surface area contributed by atoms with Gasteiger partial charge in [0.1, 0.15) is 5.83 Å². The molecule has 0 amide bonds. The molecular weight excluding hydrogens is 266 g/mol. The van der Waals surface area contributed by atoms with Crippen LogP contribution in [-0.2, 0) is 0 Å². The topological polar surface area (TPSA) is 0 Å². The van der Waals surface area contributed by atoms with Crippen LogP contribution in [0.2, 0.25) is 0 Å². The standard InChI is InChI=1S/C19H22F2/c1-13-5-7-14(8-6-13)15-9-11-16(12-10-15)17-3-2-4-18(20)19(17)21/h3,9-14H,2,4-8H2,1H3. The van der Waals surface area contributed by atoms with Gasteiger partial charge in [-0.1, -0.05) is 50.1 Å². The average molecular weight is 288 g/mol. The first kappa shape index (κ1) is 14.5. The van der Waals surface area contributed by atoms with Crippen LogP contribution < -0.4 is 0 Å². The van der Waals surface area contributed by atoms with Crippen LogP contribution in [0.1, 0.15) is 62.5 Å². The maximum Gasteiger partial charge on any atom is 0.162 e. The van der Waals surface area contributed by atoms with E-state index in [4.69, 9.17) is 0 Å². The third-order valence-corrected chi connectivity index (χ3v) is 4.90. The fourth-order valence-corrected chi connectivity index (χ4v) is 3.46. The van der Waals surface area contributed by atoms with Gasteiger partial charge in [-0.15, -0.1) is 0 Å². The zero-order valence-electron chi connectivity index (χ0n) is 12.5. The van der Waals surface area contributed by atoms with E-state index in [1.807, 2.05) is 12.1 Å². The molecular formula is C19H22F2. The average Bonchev–Trinajstić information content (AvgIpc) is 2.51. The number of hydrogen-bond donors (Lipinski definition) is 0. The number of halogens is 2. The maximum absolute atomic E-state index is 13.9. The highest BCUT2D eigenvalue weighted by Gasteiger charge is 2.21. The minimum atomic E-state index is -0.680. The van der Waals surface area contributed by atoms with Gasteiger partial charge in [0, 0.05) is 12.0 Å². The molecule has 1 aromatic carbocycles. The molecule has 0 saturated heterocycles. The van der Waals surface area contributed by atoms with Crippen LogP contribution in [0.25, 0.3) is 5.57 Å². The van der Waals surface area contributed by atoms with Gasteiger partial charge in [0.2, 0.25) is 0 Å². The summed E-state index contributed by atoms with van der Waals surface area (Å²) in [4.78, 5) is 0. The van der Waals surface area contributed by atoms with Crippen LogP contribution in [0.4, 0.5) is 8.78 Å². The number of rotatable bonds is 2. The third kappa shape index (κ3) is 3.09. The Morgan fingerprint density at radius 2 is 1.62 bits per heavy atom. The number of benzene rings is 1. The van der Waals surface area contributed by atoms with E-state index >= 15 is 0 Å². The van der Waals surface area contributed by atoms with Crippen molar-refractivity contribution in [2.24, 2.45) is 5.92 Å². The molecule has 0 aromatic heterocycles. The van der Waals surface area contributed by atoms with Gasteiger partial charge in [0.25, 0.3) is 0 Å². The van der Waals surface area contributed by atoms with Crippen LogP contribution in [0.15, 0.2) is 42.0 Å².